The fourth-order valence-electron chi connectivity index (χ4n) is 3.37. The van der Waals surface area contributed by atoms with Crippen molar-refractivity contribution in [3.63, 3.8) is 0 Å². The van der Waals surface area contributed by atoms with Gasteiger partial charge in [-0.2, -0.15) is 0 Å². The van der Waals surface area contributed by atoms with Crippen molar-refractivity contribution in [3.8, 4) is 11.5 Å². The molecular formula is C20H24FN3O2. The van der Waals surface area contributed by atoms with Gasteiger partial charge in [-0.3, -0.25) is 4.79 Å². The highest BCUT2D eigenvalue weighted by Gasteiger charge is 2.26. The van der Waals surface area contributed by atoms with Crippen LogP contribution in [-0.4, -0.2) is 41.5 Å². The molecule has 1 amide bonds. The minimum absolute atomic E-state index is 0.0876. The van der Waals surface area contributed by atoms with Gasteiger partial charge in [0.25, 0.3) is 0 Å². The highest BCUT2D eigenvalue weighted by Crippen LogP contribution is 2.28. The van der Waals surface area contributed by atoms with E-state index in [2.05, 4.69) is 10.3 Å². The lowest BCUT2D eigenvalue weighted by Gasteiger charge is -2.32. The summed E-state index contributed by atoms with van der Waals surface area (Å²) in [7, 11) is 0. The Morgan fingerprint density at radius 1 is 1.19 bits per heavy atom. The number of likely N-dealkylation sites (tertiary alicyclic amines) is 1. The van der Waals surface area contributed by atoms with E-state index in [1.165, 1.54) is 31.2 Å². The zero-order valence-electron chi connectivity index (χ0n) is 14.8. The molecule has 1 aromatic carbocycles. The Labute approximate surface area is 152 Å². The number of nitrogens with one attached hydrogen (secondary N) is 1. The van der Waals surface area contributed by atoms with Crippen molar-refractivity contribution >= 4 is 5.91 Å². The van der Waals surface area contributed by atoms with Gasteiger partial charge >= 0.3 is 0 Å². The van der Waals surface area contributed by atoms with Gasteiger partial charge in [0.05, 0.1) is 12.1 Å². The quantitative estimate of drug-likeness (QED) is 0.863. The van der Waals surface area contributed by atoms with Crippen LogP contribution >= 0.6 is 0 Å². The number of nitrogens with zero attached hydrogens (tertiary/aromatic N) is 2. The summed E-state index contributed by atoms with van der Waals surface area (Å²) in [4.78, 5) is 18.8. The summed E-state index contributed by atoms with van der Waals surface area (Å²) < 4.78 is 18.4. The molecular weight excluding hydrogens is 333 g/mol. The number of benzene rings is 1. The zero-order valence-corrected chi connectivity index (χ0v) is 14.8. The van der Waals surface area contributed by atoms with Crippen LogP contribution < -0.4 is 5.32 Å². The van der Waals surface area contributed by atoms with Gasteiger partial charge in [-0.05, 0) is 62.4 Å². The maximum Gasteiger partial charge on any atom is 0.228 e. The number of amides is 1. The van der Waals surface area contributed by atoms with Crippen LogP contribution in [0.4, 0.5) is 4.39 Å². The number of piperidine rings is 1. The van der Waals surface area contributed by atoms with Crippen molar-refractivity contribution in [1.82, 2.24) is 15.2 Å². The first kappa shape index (κ1) is 17.2. The highest BCUT2D eigenvalue weighted by molar-refractivity contribution is 5.78. The normalized spacial score (nSPS) is 18.3. The van der Waals surface area contributed by atoms with Crippen LogP contribution in [0.1, 0.15) is 31.4 Å². The summed E-state index contributed by atoms with van der Waals surface area (Å²) in [5, 5.41) is 3.63. The van der Waals surface area contributed by atoms with E-state index in [-0.39, 0.29) is 18.1 Å². The van der Waals surface area contributed by atoms with E-state index in [0.29, 0.717) is 23.2 Å². The number of carbonyl (C=O) groups is 1. The topological polar surface area (TPSA) is 58.4 Å². The molecule has 1 saturated heterocycles. The third kappa shape index (κ3) is 4.30. The molecule has 1 saturated carbocycles. The summed E-state index contributed by atoms with van der Waals surface area (Å²) >= 11 is 0. The summed E-state index contributed by atoms with van der Waals surface area (Å²) in [5.74, 6) is 1.09. The molecule has 26 heavy (non-hydrogen) atoms. The average molecular weight is 357 g/mol. The number of rotatable bonds is 6. The monoisotopic (exact) mass is 357 g/mol. The van der Waals surface area contributed by atoms with E-state index in [1.807, 2.05) is 4.90 Å². The first-order valence-corrected chi connectivity index (χ1v) is 9.39. The molecule has 0 spiro atoms. The largest absolute Gasteiger partial charge is 0.444 e. The van der Waals surface area contributed by atoms with Gasteiger partial charge in [0.1, 0.15) is 12.1 Å². The Morgan fingerprint density at radius 2 is 1.92 bits per heavy atom. The third-order valence-electron chi connectivity index (χ3n) is 5.22. The second kappa shape index (κ2) is 7.58. The van der Waals surface area contributed by atoms with E-state index in [4.69, 9.17) is 4.42 Å². The van der Waals surface area contributed by atoms with E-state index >= 15 is 0 Å². The Hall–Kier alpha value is -2.21. The summed E-state index contributed by atoms with van der Waals surface area (Å²) in [5.41, 5.74) is 1.32. The van der Waals surface area contributed by atoms with Gasteiger partial charge < -0.3 is 14.6 Å². The molecule has 5 nitrogen and oxygen atoms in total. The van der Waals surface area contributed by atoms with Gasteiger partial charge in [0.2, 0.25) is 11.8 Å². The number of aromatic nitrogens is 1. The molecule has 6 heteroatoms. The van der Waals surface area contributed by atoms with Gasteiger partial charge in [-0.25, -0.2) is 9.37 Å². The standard InChI is InChI=1S/C20H24FN3O2/c21-16-5-3-15(4-6-16)20-23-18(13-26-20)11-19(25)24-9-7-17(8-10-24)22-12-14-1-2-14/h3-6,13-14,17,22H,1-2,7-12H2. The Morgan fingerprint density at radius 3 is 2.62 bits per heavy atom. The SMILES string of the molecule is O=C(Cc1coc(-c2ccc(F)cc2)n1)N1CCC(NCC2CC2)CC1. The van der Waals surface area contributed by atoms with E-state index < -0.39 is 0 Å². The Kier molecular flexibility index (Phi) is 5.02. The maximum atomic E-state index is 13.0. The zero-order chi connectivity index (χ0) is 17.9. The Bertz CT molecular complexity index is 747. The molecule has 0 radical (unpaired) electrons. The summed E-state index contributed by atoms with van der Waals surface area (Å²) in [6, 6.07) is 6.51. The van der Waals surface area contributed by atoms with Crippen LogP contribution in [0.3, 0.4) is 0 Å². The molecule has 1 aliphatic heterocycles. The number of hydrogen-bond acceptors (Lipinski definition) is 4. The van der Waals surface area contributed by atoms with Crippen LogP contribution in [-0.2, 0) is 11.2 Å². The van der Waals surface area contributed by atoms with Crippen LogP contribution in [0, 0.1) is 11.7 Å². The van der Waals surface area contributed by atoms with E-state index in [1.54, 1.807) is 12.1 Å². The minimum atomic E-state index is -0.300. The van der Waals surface area contributed by atoms with Crippen molar-refractivity contribution in [3.05, 3.63) is 42.0 Å². The molecule has 4 rings (SSSR count). The lowest BCUT2D eigenvalue weighted by Crippen LogP contribution is -2.45. The van der Waals surface area contributed by atoms with E-state index in [0.717, 1.165) is 38.4 Å². The van der Waals surface area contributed by atoms with Crippen molar-refractivity contribution in [1.29, 1.82) is 0 Å². The Balaban J connectivity index is 1.27. The maximum absolute atomic E-state index is 13.0. The van der Waals surface area contributed by atoms with Crippen molar-refractivity contribution in [2.75, 3.05) is 19.6 Å². The van der Waals surface area contributed by atoms with Gasteiger partial charge in [-0.15, -0.1) is 0 Å². The van der Waals surface area contributed by atoms with Crippen LogP contribution in [0.15, 0.2) is 34.9 Å². The smallest absolute Gasteiger partial charge is 0.228 e. The molecule has 0 unspecified atom stereocenters. The molecule has 2 fully saturated rings. The number of hydrogen-bond donors (Lipinski definition) is 1. The first-order chi connectivity index (χ1) is 12.7. The molecule has 138 valence electrons. The van der Waals surface area contributed by atoms with E-state index in [9.17, 15) is 9.18 Å². The van der Waals surface area contributed by atoms with Crippen LogP contribution in [0.25, 0.3) is 11.5 Å². The van der Waals surface area contributed by atoms with Gasteiger partial charge in [0, 0.05) is 24.7 Å². The molecule has 0 atom stereocenters. The number of oxazole rings is 1. The van der Waals surface area contributed by atoms with Gasteiger partial charge in [0.15, 0.2) is 0 Å². The second-order valence-corrected chi connectivity index (χ2v) is 7.33. The predicted octanol–water partition coefficient (Wildman–Crippen LogP) is 3.01. The molecule has 2 aromatic rings. The van der Waals surface area contributed by atoms with Crippen molar-refractivity contribution in [2.45, 2.75) is 38.1 Å². The number of halogens is 1. The number of carbonyl (C=O) groups excluding carboxylic acids is 1. The second-order valence-electron chi connectivity index (χ2n) is 7.33. The molecule has 2 aliphatic rings. The third-order valence-corrected chi connectivity index (χ3v) is 5.22. The lowest BCUT2D eigenvalue weighted by molar-refractivity contribution is -0.131. The summed E-state index contributed by atoms with van der Waals surface area (Å²) in [6.07, 6.45) is 6.51. The van der Waals surface area contributed by atoms with Crippen LogP contribution in [0.5, 0.6) is 0 Å². The first-order valence-electron chi connectivity index (χ1n) is 9.39. The van der Waals surface area contributed by atoms with Crippen molar-refractivity contribution < 1.29 is 13.6 Å². The molecule has 1 N–H and O–H groups in total. The predicted molar refractivity (Wildman–Crippen MR) is 95.9 cm³/mol. The highest BCUT2D eigenvalue weighted by atomic mass is 19.1. The molecule has 0 bridgehead atoms. The lowest BCUT2D eigenvalue weighted by atomic mass is 10.0. The van der Waals surface area contributed by atoms with Gasteiger partial charge in [-0.1, -0.05) is 0 Å². The molecule has 1 aromatic heterocycles. The molecule has 2 heterocycles. The van der Waals surface area contributed by atoms with Crippen molar-refractivity contribution in [2.24, 2.45) is 5.92 Å². The van der Waals surface area contributed by atoms with Crippen LogP contribution in [0.2, 0.25) is 0 Å². The fraction of sp³-hybridized carbons (Fsp3) is 0.500. The fourth-order valence-corrected chi connectivity index (χ4v) is 3.37. The minimum Gasteiger partial charge on any atom is -0.444 e. The summed E-state index contributed by atoms with van der Waals surface area (Å²) in [6.45, 7) is 2.72. The molecule has 1 aliphatic carbocycles. The average Bonchev–Trinajstić information content (AvgIpc) is 3.38.